The fourth-order valence-corrected chi connectivity index (χ4v) is 2.70. The summed E-state index contributed by atoms with van der Waals surface area (Å²) in [5, 5.41) is 4.22. The Morgan fingerprint density at radius 2 is 1.48 bits per heavy atom. The van der Waals surface area contributed by atoms with Gasteiger partial charge in [-0.25, -0.2) is 13.2 Å². The highest BCUT2D eigenvalue weighted by Crippen LogP contribution is 2.31. The van der Waals surface area contributed by atoms with E-state index in [-0.39, 0.29) is 12.2 Å². The molecule has 0 heterocycles. The van der Waals surface area contributed by atoms with E-state index >= 15 is 0 Å². The van der Waals surface area contributed by atoms with Gasteiger partial charge >= 0.3 is 5.92 Å². The van der Waals surface area contributed by atoms with Gasteiger partial charge in [0.15, 0.2) is 11.6 Å². The van der Waals surface area contributed by atoms with Gasteiger partial charge in [-0.15, -0.1) is 0 Å². The zero-order valence-electron chi connectivity index (χ0n) is 15.8. The zero-order valence-corrected chi connectivity index (χ0v) is 15.8. The Balaban J connectivity index is 1.79. The highest BCUT2D eigenvalue weighted by molar-refractivity contribution is 6.04. The molecule has 0 atom stereocenters. The number of benzene rings is 3. The molecule has 9 heteroatoms. The van der Waals surface area contributed by atoms with Gasteiger partial charge in [-0.3, -0.25) is 9.59 Å². The number of anilines is 1. The largest absolute Gasteiger partial charge is 0.352 e. The number of nitrogens with one attached hydrogen (secondary N) is 2. The van der Waals surface area contributed by atoms with Crippen molar-refractivity contribution in [2.45, 2.75) is 12.5 Å². The van der Waals surface area contributed by atoms with Crippen LogP contribution in [0.4, 0.5) is 27.6 Å². The Kier molecular flexibility index (Phi) is 6.33. The molecule has 0 spiro atoms. The number of carbonyl (C=O) groups excluding carboxylic acids is 2. The second kappa shape index (κ2) is 8.95. The minimum Gasteiger partial charge on any atom is -0.346 e. The maximum absolute atomic E-state index is 14.6. The Bertz CT molecular complexity index is 1120. The molecule has 0 unspecified atom stereocenters. The molecule has 3 rings (SSSR count). The monoisotopic (exact) mass is 434 g/mol. The molecule has 3 aromatic rings. The van der Waals surface area contributed by atoms with Crippen LogP contribution in [-0.2, 0) is 17.3 Å². The van der Waals surface area contributed by atoms with Gasteiger partial charge in [0.25, 0.3) is 11.8 Å². The molecule has 2 N–H and O–H groups in total. The van der Waals surface area contributed by atoms with Crippen molar-refractivity contribution in [1.82, 2.24) is 5.32 Å². The maximum atomic E-state index is 14.6. The summed E-state index contributed by atoms with van der Waals surface area (Å²) in [5.41, 5.74) is -1.28. The molecule has 2 amide bonds. The first-order chi connectivity index (χ1) is 14.7. The third kappa shape index (κ3) is 5.06. The lowest BCUT2D eigenvalue weighted by molar-refractivity contribution is -0.147. The van der Waals surface area contributed by atoms with Crippen LogP contribution in [0.5, 0.6) is 0 Å². The van der Waals surface area contributed by atoms with Gasteiger partial charge in [-0.2, -0.15) is 8.78 Å². The Hall–Kier alpha value is -3.75. The fourth-order valence-electron chi connectivity index (χ4n) is 2.70. The van der Waals surface area contributed by atoms with Crippen LogP contribution in [0.15, 0.2) is 66.7 Å². The van der Waals surface area contributed by atoms with Gasteiger partial charge in [0.2, 0.25) is 0 Å². The highest BCUT2D eigenvalue weighted by atomic mass is 19.3. The molecular weight excluding hydrogens is 419 g/mol. The fraction of sp³-hybridized carbons (Fsp3) is 0.0909. The lowest BCUT2D eigenvalue weighted by Crippen LogP contribution is -2.38. The van der Waals surface area contributed by atoms with Crippen molar-refractivity contribution in [3.63, 3.8) is 0 Å². The molecule has 0 aliphatic heterocycles. The van der Waals surface area contributed by atoms with Crippen molar-refractivity contribution in [3.05, 3.63) is 101 Å². The van der Waals surface area contributed by atoms with E-state index in [2.05, 4.69) is 5.32 Å². The number of alkyl halides is 2. The lowest BCUT2D eigenvalue weighted by Gasteiger charge is -2.18. The second-order valence-corrected chi connectivity index (χ2v) is 6.52. The summed E-state index contributed by atoms with van der Waals surface area (Å²) < 4.78 is 69.6. The molecule has 160 valence electrons. The number of rotatable bonds is 6. The smallest absolute Gasteiger partial charge is 0.346 e. The van der Waals surface area contributed by atoms with E-state index in [4.69, 9.17) is 0 Å². The van der Waals surface area contributed by atoms with E-state index in [0.717, 1.165) is 18.2 Å². The number of hydrogen-bond donors (Lipinski definition) is 2. The molecule has 0 saturated carbocycles. The highest BCUT2D eigenvalue weighted by Gasteiger charge is 2.43. The van der Waals surface area contributed by atoms with Crippen molar-refractivity contribution in [3.8, 4) is 0 Å². The van der Waals surface area contributed by atoms with Gasteiger partial charge in [-0.05, 0) is 35.9 Å². The number of amides is 2. The molecule has 31 heavy (non-hydrogen) atoms. The van der Waals surface area contributed by atoms with E-state index in [1.165, 1.54) is 0 Å². The van der Waals surface area contributed by atoms with Crippen molar-refractivity contribution >= 4 is 17.5 Å². The second-order valence-electron chi connectivity index (χ2n) is 6.52. The Labute approximate surface area is 173 Å². The van der Waals surface area contributed by atoms with Gasteiger partial charge in [0, 0.05) is 23.9 Å². The number of carbonyl (C=O) groups is 2. The molecule has 0 aliphatic rings. The SMILES string of the molecule is O=C(Nc1ccc(F)c(F)c1)c1ccc(F)c(C(F)(F)C(=O)NCc2ccccc2)c1. The average molecular weight is 434 g/mol. The molecule has 0 saturated heterocycles. The van der Waals surface area contributed by atoms with Crippen LogP contribution in [0.2, 0.25) is 0 Å². The topological polar surface area (TPSA) is 58.2 Å². The zero-order chi connectivity index (χ0) is 22.6. The predicted molar refractivity (Wildman–Crippen MR) is 103 cm³/mol. The van der Waals surface area contributed by atoms with Gasteiger partial charge in [0.1, 0.15) is 5.82 Å². The predicted octanol–water partition coefficient (Wildman–Crippen LogP) is 4.76. The van der Waals surface area contributed by atoms with Crippen LogP contribution in [0.3, 0.4) is 0 Å². The van der Waals surface area contributed by atoms with Crippen LogP contribution < -0.4 is 10.6 Å². The van der Waals surface area contributed by atoms with E-state index in [1.54, 1.807) is 30.3 Å². The molecule has 0 fully saturated rings. The van der Waals surface area contributed by atoms with E-state index < -0.39 is 46.3 Å². The minimum atomic E-state index is -4.27. The Morgan fingerprint density at radius 1 is 0.806 bits per heavy atom. The van der Waals surface area contributed by atoms with E-state index in [1.807, 2.05) is 5.32 Å². The summed E-state index contributed by atoms with van der Waals surface area (Å²) in [6, 6.07) is 12.9. The molecule has 0 aliphatic carbocycles. The van der Waals surface area contributed by atoms with Gasteiger partial charge in [0.05, 0.1) is 5.56 Å². The Morgan fingerprint density at radius 3 is 2.16 bits per heavy atom. The summed E-state index contributed by atoms with van der Waals surface area (Å²) in [4.78, 5) is 24.3. The first-order valence-electron chi connectivity index (χ1n) is 8.95. The van der Waals surface area contributed by atoms with Crippen LogP contribution in [0.25, 0.3) is 0 Å². The van der Waals surface area contributed by atoms with E-state index in [0.29, 0.717) is 23.8 Å². The summed E-state index contributed by atoms with van der Waals surface area (Å²) in [7, 11) is 0. The van der Waals surface area contributed by atoms with Crippen LogP contribution >= 0.6 is 0 Å². The lowest BCUT2D eigenvalue weighted by atomic mass is 10.0. The molecule has 0 aromatic heterocycles. The summed E-state index contributed by atoms with van der Waals surface area (Å²) in [6.07, 6.45) is 0. The molecule has 3 aromatic carbocycles. The molecule has 0 radical (unpaired) electrons. The normalized spacial score (nSPS) is 11.1. The van der Waals surface area contributed by atoms with Crippen LogP contribution in [0, 0.1) is 17.5 Å². The standard InChI is InChI=1S/C22H15F5N2O2/c23-17-8-6-14(20(30)29-15-7-9-18(24)19(25)11-15)10-16(17)22(26,27)21(31)28-12-13-4-2-1-3-5-13/h1-11H,12H2,(H,28,31)(H,29,30). The first kappa shape index (κ1) is 21.9. The minimum absolute atomic E-state index is 0.137. The van der Waals surface area contributed by atoms with Gasteiger partial charge in [-0.1, -0.05) is 30.3 Å². The molecule has 0 bridgehead atoms. The number of halogens is 5. The first-order valence-corrected chi connectivity index (χ1v) is 8.95. The summed E-state index contributed by atoms with van der Waals surface area (Å²) >= 11 is 0. The van der Waals surface area contributed by atoms with Crippen molar-refractivity contribution < 1.29 is 31.5 Å². The summed E-state index contributed by atoms with van der Waals surface area (Å²) in [5.74, 6) is -10.7. The van der Waals surface area contributed by atoms with Crippen LogP contribution in [0.1, 0.15) is 21.5 Å². The van der Waals surface area contributed by atoms with Crippen molar-refractivity contribution in [1.29, 1.82) is 0 Å². The summed E-state index contributed by atoms with van der Waals surface area (Å²) in [6.45, 7) is -0.201. The van der Waals surface area contributed by atoms with Crippen LogP contribution in [-0.4, -0.2) is 11.8 Å². The van der Waals surface area contributed by atoms with Crippen molar-refractivity contribution in [2.75, 3.05) is 5.32 Å². The maximum Gasteiger partial charge on any atom is 0.352 e. The van der Waals surface area contributed by atoms with Crippen molar-refractivity contribution in [2.24, 2.45) is 0 Å². The quantitative estimate of drug-likeness (QED) is 0.550. The van der Waals surface area contributed by atoms with Gasteiger partial charge < -0.3 is 10.6 Å². The van der Waals surface area contributed by atoms with E-state index in [9.17, 15) is 31.5 Å². The average Bonchev–Trinajstić information content (AvgIpc) is 2.75. The number of hydrogen-bond acceptors (Lipinski definition) is 2. The third-order valence-corrected chi connectivity index (χ3v) is 4.33. The third-order valence-electron chi connectivity index (χ3n) is 4.33. The molecule has 4 nitrogen and oxygen atoms in total. The molecular formula is C22H15F5N2O2.